The van der Waals surface area contributed by atoms with Crippen LogP contribution in [0.5, 0.6) is 0 Å². The van der Waals surface area contributed by atoms with Crippen molar-refractivity contribution in [2.75, 3.05) is 13.1 Å². The van der Waals surface area contributed by atoms with Crippen LogP contribution in [-0.2, 0) is 4.79 Å². The first-order chi connectivity index (χ1) is 6.62. The summed E-state index contributed by atoms with van der Waals surface area (Å²) in [4.78, 5) is 13.1. The minimum atomic E-state index is 0.0536. The third-order valence-corrected chi connectivity index (χ3v) is 3.47. The first-order valence-electron chi connectivity index (χ1n) is 5.49. The van der Waals surface area contributed by atoms with E-state index < -0.39 is 0 Å². The van der Waals surface area contributed by atoms with Crippen LogP contribution in [0.2, 0.25) is 0 Å². The highest BCUT2D eigenvalue weighted by Gasteiger charge is 2.35. The van der Waals surface area contributed by atoms with Gasteiger partial charge in [-0.1, -0.05) is 13.8 Å². The third kappa shape index (κ3) is 4.39. The van der Waals surface area contributed by atoms with Crippen molar-refractivity contribution in [3.63, 3.8) is 0 Å². The molecule has 0 atom stereocenters. The summed E-state index contributed by atoms with van der Waals surface area (Å²) >= 11 is 0. The Balaban J connectivity index is 4.43. The summed E-state index contributed by atoms with van der Waals surface area (Å²) < 4.78 is 0. The van der Waals surface area contributed by atoms with E-state index in [1.165, 1.54) is 0 Å². The molecule has 1 N–H and O–H groups in total. The Labute approximate surface area is 95.8 Å². The summed E-state index contributed by atoms with van der Waals surface area (Å²) in [6.45, 7) is 11.9. The van der Waals surface area contributed by atoms with Gasteiger partial charge in [0.1, 0.15) is 5.78 Å². The SMILES string of the molecule is BNC(C)(C)C(C)(C)CN(B)CC(C)=O. The van der Waals surface area contributed by atoms with Crippen molar-refractivity contribution in [1.82, 2.24) is 10.0 Å². The molecule has 0 spiro atoms. The fourth-order valence-corrected chi connectivity index (χ4v) is 1.65. The molecule has 0 unspecified atom stereocenters. The van der Waals surface area contributed by atoms with Gasteiger partial charge in [-0.3, -0.25) is 4.79 Å². The van der Waals surface area contributed by atoms with Crippen molar-refractivity contribution < 1.29 is 4.79 Å². The topological polar surface area (TPSA) is 32.3 Å². The van der Waals surface area contributed by atoms with Crippen molar-refractivity contribution in [2.45, 2.75) is 40.2 Å². The molecule has 0 aliphatic rings. The van der Waals surface area contributed by atoms with Crippen LogP contribution < -0.4 is 5.23 Å². The van der Waals surface area contributed by atoms with E-state index in [4.69, 9.17) is 0 Å². The Kier molecular flexibility index (Phi) is 5.07. The smallest absolute Gasteiger partial charge is 0.186 e. The molecule has 0 aliphatic heterocycles. The number of rotatable bonds is 6. The molecule has 0 saturated heterocycles. The van der Waals surface area contributed by atoms with Gasteiger partial charge in [0.25, 0.3) is 0 Å². The van der Waals surface area contributed by atoms with Crippen LogP contribution in [0.15, 0.2) is 0 Å². The van der Waals surface area contributed by atoms with E-state index in [0.717, 1.165) is 6.54 Å². The van der Waals surface area contributed by atoms with Crippen LogP contribution in [0.3, 0.4) is 0 Å². The molecule has 86 valence electrons. The highest BCUT2D eigenvalue weighted by atomic mass is 16.1. The molecule has 0 aromatic carbocycles. The Morgan fingerprint density at radius 1 is 1.33 bits per heavy atom. The predicted molar refractivity (Wildman–Crippen MR) is 70.3 cm³/mol. The van der Waals surface area contributed by atoms with Crippen LogP contribution in [-0.4, -0.2) is 45.2 Å². The second-order valence-corrected chi connectivity index (χ2v) is 5.63. The van der Waals surface area contributed by atoms with Crippen LogP contribution in [0.25, 0.3) is 0 Å². The van der Waals surface area contributed by atoms with E-state index in [1.807, 2.05) is 16.0 Å². The predicted octanol–water partition coefficient (Wildman–Crippen LogP) is -0.632. The molecule has 0 rings (SSSR count). The van der Waals surface area contributed by atoms with E-state index in [0.29, 0.717) is 6.54 Å². The maximum Gasteiger partial charge on any atom is 0.186 e. The zero-order chi connectivity index (χ0) is 12.3. The summed E-state index contributed by atoms with van der Waals surface area (Å²) in [5, 5.41) is 3.33. The van der Waals surface area contributed by atoms with Gasteiger partial charge in [-0.15, -0.1) is 0 Å². The van der Waals surface area contributed by atoms with Gasteiger partial charge in [-0.05, 0) is 32.7 Å². The van der Waals surface area contributed by atoms with Gasteiger partial charge in [-0.2, -0.15) is 0 Å². The van der Waals surface area contributed by atoms with Crippen molar-refractivity contribution in [1.29, 1.82) is 0 Å². The van der Waals surface area contributed by atoms with E-state index >= 15 is 0 Å². The molecule has 0 radical (unpaired) electrons. The van der Waals surface area contributed by atoms with Crippen molar-refractivity contribution in [3.8, 4) is 0 Å². The summed E-state index contributed by atoms with van der Waals surface area (Å²) in [5.74, 6) is 0.218. The molecule has 0 heterocycles. The lowest BCUT2D eigenvalue weighted by Crippen LogP contribution is -2.55. The fourth-order valence-electron chi connectivity index (χ4n) is 1.65. The second kappa shape index (κ2) is 5.17. The molecule has 5 heteroatoms. The monoisotopic (exact) mass is 210 g/mol. The van der Waals surface area contributed by atoms with Crippen molar-refractivity contribution >= 4 is 21.7 Å². The quantitative estimate of drug-likeness (QED) is 0.592. The largest absolute Gasteiger partial charge is 0.357 e. The summed E-state index contributed by atoms with van der Waals surface area (Å²) in [5.41, 5.74) is 0.171. The number of nitrogens with one attached hydrogen (secondary N) is 1. The van der Waals surface area contributed by atoms with Crippen LogP contribution in [0.4, 0.5) is 0 Å². The molecule has 0 saturated carbocycles. The Morgan fingerprint density at radius 3 is 2.13 bits per heavy atom. The van der Waals surface area contributed by atoms with E-state index in [2.05, 4.69) is 37.7 Å². The van der Waals surface area contributed by atoms with Crippen LogP contribution in [0, 0.1) is 5.41 Å². The zero-order valence-electron chi connectivity index (χ0n) is 11.3. The lowest BCUT2D eigenvalue weighted by atomic mass is 9.72. The van der Waals surface area contributed by atoms with Gasteiger partial charge >= 0.3 is 0 Å². The normalized spacial score (nSPS) is 13.2. The van der Waals surface area contributed by atoms with Crippen LogP contribution >= 0.6 is 0 Å². The molecule has 15 heavy (non-hydrogen) atoms. The molecule has 0 aromatic heterocycles. The molecule has 0 amide bonds. The van der Waals surface area contributed by atoms with E-state index in [9.17, 15) is 4.79 Å². The highest BCUT2D eigenvalue weighted by molar-refractivity contribution is 6.06. The zero-order valence-corrected chi connectivity index (χ0v) is 11.3. The fraction of sp³-hybridized carbons (Fsp3) is 0.900. The maximum atomic E-state index is 11.0. The van der Waals surface area contributed by atoms with Crippen LogP contribution in [0.1, 0.15) is 34.6 Å². The number of nitrogens with zero attached hydrogens (tertiary/aromatic N) is 1. The summed E-state index contributed by atoms with van der Waals surface area (Å²) in [6, 6.07) is 0. The number of carbonyl (C=O) groups excluding carboxylic acids is 1. The average molecular weight is 210 g/mol. The number of hydrogen-bond donors (Lipinski definition) is 1. The number of Topliss-reactive ketones (excluding diaryl/α,β-unsaturated/α-hetero) is 1. The van der Waals surface area contributed by atoms with Gasteiger partial charge < -0.3 is 10.0 Å². The van der Waals surface area contributed by atoms with Gasteiger partial charge in [0.05, 0.1) is 0 Å². The number of ketones is 1. The molecule has 0 aliphatic carbocycles. The van der Waals surface area contributed by atoms with Gasteiger partial charge in [-0.25, -0.2) is 0 Å². The highest BCUT2D eigenvalue weighted by Crippen LogP contribution is 2.30. The lowest BCUT2D eigenvalue weighted by Gasteiger charge is -2.44. The molecule has 3 nitrogen and oxygen atoms in total. The molecule has 0 aromatic rings. The molecule has 0 bridgehead atoms. The van der Waals surface area contributed by atoms with Crippen molar-refractivity contribution in [3.05, 3.63) is 0 Å². The molecular weight excluding hydrogens is 186 g/mol. The maximum absolute atomic E-state index is 11.0. The van der Waals surface area contributed by atoms with Gasteiger partial charge in [0, 0.05) is 12.1 Å². The Morgan fingerprint density at radius 2 is 1.80 bits per heavy atom. The van der Waals surface area contributed by atoms with E-state index in [1.54, 1.807) is 6.92 Å². The minimum Gasteiger partial charge on any atom is -0.357 e. The molecular formula is C10H24B2N2O. The Hall–Kier alpha value is -0.280. The van der Waals surface area contributed by atoms with Gasteiger partial charge in [0.15, 0.2) is 16.0 Å². The molecule has 0 fully saturated rings. The lowest BCUT2D eigenvalue weighted by molar-refractivity contribution is -0.117. The number of carbonyl (C=O) groups is 1. The Bertz CT molecular complexity index is 229. The first kappa shape index (κ1) is 14.7. The van der Waals surface area contributed by atoms with Crippen molar-refractivity contribution in [2.24, 2.45) is 5.41 Å². The summed E-state index contributed by atoms with van der Waals surface area (Å²) in [7, 11) is 3.97. The average Bonchev–Trinajstić information content (AvgIpc) is 2.00. The van der Waals surface area contributed by atoms with Gasteiger partial charge in [0.2, 0.25) is 0 Å². The van der Waals surface area contributed by atoms with E-state index in [-0.39, 0.29) is 16.7 Å². The number of hydrogen-bond acceptors (Lipinski definition) is 3. The third-order valence-electron chi connectivity index (χ3n) is 3.47. The first-order valence-corrected chi connectivity index (χ1v) is 5.49. The minimum absolute atomic E-state index is 0.0536. The second-order valence-electron chi connectivity index (χ2n) is 5.63. The summed E-state index contributed by atoms with van der Waals surface area (Å²) in [6.07, 6.45) is 0. The standard InChI is InChI=1S/C10H24B2N2O/c1-8(15)6-14(12)7-9(2,3)10(4,5)13-11/h13H,6-7,11-12H2,1-5H3.